The molecule has 3 heteroatoms. The lowest BCUT2D eigenvalue weighted by molar-refractivity contribution is 0.178. The second-order valence-corrected chi connectivity index (χ2v) is 5.96. The van der Waals surface area contributed by atoms with Crippen molar-refractivity contribution in [3.05, 3.63) is 0 Å². The Morgan fingerprint density at radius 2 is 1.93 bits per heavy atom. The summed E-state index contributed by atoms with van der Waals surface area (Å²) >= 11 is 5.08. The Balaban J connectivity index is 2.28. The second-order valence-electron chi connectivity index (χ2n) is 5.52. The first-order valence-corrected chi connectivity index (χ1v) is 6.35. The predicted octanol–water partition coefficient (Wildman–Crippen LogP) is 2.42. The first kappa shape index (κ1) is 12.9. The summed E-state index contributed by atoms with van der Waals surface area (Å²) in [5.41, 5.74) is 5.73. The lowest BCUT2D eigenvalue weighted by Crippen LogP contribution is -2.38. The topological polar surface area (TPSA) is 29.3 Å². The highest BCUT2D eigenvalue weighted by Gasteiger charge is 2.23. The van der Waals surface area contributed by atoms with Gasteiger partial charge in [-0.25, -0.2) is 0 Å². The summed E-state index contributed by atoms with van der Waals surface area (Å²) in [4.78, 5) is 3.19. The van der Waals surface area contributed by atoms with Gasteiger partial charge in [-0.2, -0.15) is 0 Å². The highest BCUT2D eigenvalue weighted by molar-refractivity contribution is 7.80. The van der Waals surface area contributed by atoms with Gasteiger partial charge in [0.1, 0.15) is 0 Å². The third-order valence-corrected chi connectivity index (χ3v) is 4.15. The third kappa shape index (κ3) is 4.07. The number of piperidine rings is 1. The van der Waals surface area contributed by atoms with Gasteiger partial charge in [0.05, 0.1) is 4.99 Å². The molecule has 1 aliphatic rings. The van der Waals surface area contributed by atoms with E-state index < -0.39 is 0 Å². The molecular weight excluding hydrogens is 204 g/mol. The molecule has 0 aromatic carbocycles. The van der Waals surface area contributed by atoms with Crippen molar-refractivity contribution < 1.29 is 0 Å². The molecule has 0 spiro atoms. The Kier molecular flexibility index (Phi) is 4.53. The number of rotatable bonds is 4. The Labute approximate surface area is 99.2 Å². The molecule has 1 aliphatic heterocycles. The zero-order valence-corrected chi connectivity index (χ0v) is 11.1. The summed E-state index contributed by atoms with van der Waals surface area (Å²) in [7, 11) is 0. The summed E-state index contributed by atoms with van der Waals surface area (Å²) in [6.07, 6.45) is 3.76. The van der Waals surface area contributed by atoms with Crippen LogP contribution in [-0.4, -0.2) is 29.5 Å². The lowest BCUT2D eigenvalue weighted by atomic mass is 9.88. The molecule has 0 aromatic heterocycles. The molecule has 0 unspecified atom stereocenters. The van der Waals surface area contributed by atoms with Crippen LogP contribution in [0.1, 0.15) is 40.0 Å². The van der Waals surface area contributed by atoms with Crippen molar-refractivity contribution >= 4 is 17.2 Å². The molecular formula is C12H24N2S. The molecule has 2 N–H and O–H groups in total. The molecule has 0 aromatic rings. The molecule has 15 heavy (non-hydrogen) atoms. The van der Waals surface area contributed by atoms with Crippen molar-refractivity contribution in [2.75, 3.05) is 19.6 Å². The van der Waals surface area contributed by atoms with Crippen LogP contribution in [-0.2, 0) is 0 Å². The zero-order chi connectivity index (χ0) is 11.5. The van der Waals surface area contributed by atoms with Gasteiger partial charge < -0.3 is 10.6 Å². The van der Waals surface area contributed by atoms with E-state index in [1.165, 1.54) is 25.9 Å². The van der Waals surface area contributed by atoms with E-state index >= 15 is 0 Å². The van der Waals surface area contributed by atoms with E-state index in [4.69, 9.17) is 18.0 Å². The molecule has 0 saturated carbocycles. The quantitative estimate of drug-likeness (QED) is 0.749. The summed E-state index contributed by atoms with van der Waals surface area (Å²) in [6, 6.07) is 0. The van der Waals surface area contributed by atoms with Gasteiger partial charge in [-0.3, -0.25) is 0 Å². The molecule has 1 saturated heterocycles. The Bertz CT molecular complexity index is 218. The number of nitrogens with zero attached hydrogens (tertiary/aromatic N) is 1. The van der Waals surface area contributed by atoms with Crippen LogP contribution in [0.25, 0.3) is 0 Å². The van der Waals surface area contributed by atoms with Crippen LogP contribution in [0.5, 0.6) is 0 Å². The molecule has 88 valence electrons. The van der Waals surface area contributed by atoms with Gasteiger partial charge in [0.15, 0.2) is 0 Å². The van der Waals surface area contributed by atoms with E-state index in [1.807, 2.05) is 0 Å². The van der Waals surface area contributed by atoms with Crippen LogP contribution in [0.4, 0.5) is 0 Å². The van der Waals surface area contributed by atoms with Crippen LogP contribution in [0.2, 0.25) is 0 Å². The Hall–Kier alpha value is -0.150. The molecule has 0 radical (unpaired) electrons. The smallest absolute Gasteiger partial charge is 0.0784 e. The maximum absolute atomic E-state index is 5.72. The second kappa shape index (κ2) is 5.26. The maximum Gasteiger partial charge on any atom is 0.0784 e. The van der Waals surface area contributed by atoms with Gasteiger partial charge in [-0.05, 0) is 44.8 Å². The van der Waals surface area contributed by atoms with E-state index in [-0.39, 0.29) is 5.41 Å². The third-order valence-electron chi connectivity index (χ3n) is 3.60. The maximum atomic E-state index is 5.72. The normalized spacial score (nSPS) is 20.5. The highest BCUT2D eigenvalue weighted by Crippen LogP contribution is 2.23. The molecule has 0 amide bonds. The minimum Gasteiger partial charge on any atom is -0.393 e. The number of nitrogens with two attached hydrogens (primary N) is 1. The van der Waals surface area contributed by atoms with Crippen LogP contribution < -0.4 is 5.73 Å². The first-order valence-electron chi connectivity index (χ1n) is 5.94. The number of hydrogen-bond donors (Lipinski definition) is 1. The van der Waals surface area contributed by atoms with Crippen molar-refractivity contribution in [1.29, 1.82) is 0 Å². The van der Waals surface area contributed by atoms with Crippen LogP contribution in [0.3, 0.4) is 0 Å². The number of hydrogen-bond acceptors (Lipinski definition) is 2. The van der Waals surface area contributed by atoms with Crippen molar-refractivity contribution in [1.82, 2.24) is 4.90 Å². The van der Waals surface area contributed by atoms with Crippen molar-refractivity contribution in [2.24, 2.45) is 17.1 Å². The SMILES string of the molecule is CC1CCN(CCC(C)(C)C(N)=S)CC1. The zero-order valence-electron chi connectivity index (χ0n) is 10.3. The molecule has 2 nitrogen and oxygen atoms in total. The predicted molar refractivity (Wildman–Crippen MR) is 70.0 cm³/mol. The average molecular weight is 228 g/mol. The largest absolute Gasteiger partial charge is 0.393 e. The van der Waals surface area contributed by atoms with Crippen LogP contribution >= 0.6 is 12.2 Å². The van der Waals surface area contributed by atoms with Gasteiger partial charge >= 0.3 is 0 Å². The van der Waals surface area contributed by atoms with E-state index in [1.54, 1.807) is 0 Å². The van der Waals surface area contributed by atoms with Gasteiger partial charge in [0.25, 0.3) is 0 Å². The first-order chi connectivity index (χ1) is 6.92. The van der Waals surface area contributed by atoms with E-state index in [0.29, 0.717) is 4.99 Å². The van der Waals surface area contributed by atoms with Gasteiger partial charge in [0, 0.05) is 5.41 Å². The fourth-order valence-electron chi connectivity index (χ4n) is 1.85. The molecule has 1 heterocycles. The number of thiocarbonyl (C=S) groups is 1. The van der Waals surface area contributed by atoms with E-state index in [9.17, 15) is 0 Å². The average Bonchev–Trinajstić information content (AvgIpc) is 2.17. The molecule has 1 fully saturated rings. The Morgan fingerprint density at radius 3 is 2.40 bits per heavy atom. The van der Waals surface area contributed by atoms with E-state index in [2.05, 4.69) is 25.7 Å². The Morgan fingerprint density at radius 1 is 1.40 bits per heavy atom. The standard InChI is InChI=1S/C12H24N2S/c1-10-4-7-14(8-5-10)9-6-12(2,3)11(13)15/h10H,4-9H2,1-3H3,(H2,13,15). The minimum absolute atomic E-state index is 0.0123. The molecule has 0 atom stereocenters. The van der Waals surface area contributed by atoms with Gasteiger partial charge in [-0.15, -0.1) is 0 Å². The fraction of sp³-hybridized carbons (Fsp3) is 0.917. The molecule has 0 aliphatic carbocycles. The molecule has 1 rings (SSSR count). The van der Waals surface area contributed by atoms with Crippen molar-refractivity contribution in [3.63, 3.8) is 0 Å². The summed E-state index contributed by atoms with van der Waals surface area (Å²) in [5.74, 6) is 0.907. The fourth-order valence-corrected chi connectivity index (χ4v) is 1.95. The molecule has 0 bridgehead atoms. The number of likely N-dealkylation sites (tertiary alicyclic amines) is 1. The van der Waals surface area contributed by atoms with E-state index in [0.717, 1.165) is 18.9 Å². The highest BCUT2D eigenvalue weighted by atomic mass is 32.1. The van der Waals surface area contributed by atoms with Gasteiger partial charge in [0.2, 0.25) is 0 Å². The van der Waals surface area contributed by atoms with Crippen LogP contribution in [0.15, 0.2) is 0 Å². The monoisotopic (exact) mass is 228 g/mol. The minimum atomic E-state index is 0.0123. The summed E-state index contributed by atoms with van der Waals surface area (Å²) in [5, 5.41) is 0. The van der Waals surface area contributed by atoms with Crippen molar-refractivity contribution in [2.45, 2.75) is 40.0 Å². The summed E-state index contributed by atoms with van der Waals surface area (Å²) < 4.78 is 0. The lowest BCUT2D eigenvalue weighted by Gasteiger charge is -2.33. The van der Waals surface area contributed by atoms with Crippen molar-refractivity contribution in [3.8, 4) is 0 Å². The summed E-state index contributed by atoms with van der Waals surface area (Å²) in [6.45, 7) is 10.3. The van der Waals surface area contributed by atoms with Crippen LogP contribution in [0, 0.1) is 11.3 Å². The van der Waals surface area contributed by atoms with Gasteiger partial charge in [-0.1, -0.05) is 33.0 Å².